The van der Waals surface area contributed by atoms with Crippen LogP contribution in [0.3, 0.4) is 0 Å². The standard InChI is InChI=1S/C25H27N5O/c1-17-14-23(25(26)31)28-30(17)22-6-7-24-21(15-22)10-13-29(24)16-18-2-4-19(5-3-18)20-8-11-27-12-9-20/h2-7,10,13-15,20,27H,8-9,11-12,16H2,1H3,(H2,26,31). The molecule has 1 saturated heterocycles. The molecule has 6 nitrogen and oxygen atoms in total. The molecule has 5 rings (SSSR count). The van der Waals surface area contributed by atoms with E-state index in [9.17, 15) is 4.79 Å². The Bertz CT molecular complexity index is 1230. The second kappa shape index (κ2) is 8.04. The number of nitrogens with one attached hydrogen (secondary N) is 1. The third-order valence-electron chi connectivity index (χ3n) is 6.28. The van der Waals surface area contributed by atoms with Gasteiger partial charge < -0.3 is 15.6 Å². The minimum atomic E-state index is -0.514. The predicted octanol–water partition coefficient (Wildman–Crippen LogP) is 3.75. The molecule has 1 amide bonds. The van der Waals surface area contributed by atoms with Crippen LogP contribution in [0.1, 0.15) is 46.1 Å². The summed E-state index contributed by atoms with van der Waals surface area (Å²) in [5.41, 5.74) is 11.4. The van der Waals surface area contributed by atoms with Crippen LogP contribution in [0, 0.1) is 6.92 Å². The first kappa shape index (κ1) is 19.6. The number of benzene rings is 2. The van der Waals surface area contributed by atoms with Crippen molar-refractivity contribution in [2.75, 3.05) is 13.1 Å². The Morgan fingerprint density at radius 1 is 1.10 bits per heavy atom. The third kappa shape index (κ3) is 3.86. The number of fused-ring (bicyclic) bond motifs is 1. The highest BCUT2D eigenvalue weighted by molar-refractivity contribution is 5.91. The molecule has 0 saturated carbocycles. The second-order valence-electron chi connectivity index (χ2n) is 8.40. The number of carbonyl (C=O) groups is 1. The third-order valence-corrected chi connectivity index (χ3v) is 6.28. The Kier molecular flexibility index (Phi) is 5.08. The maximum atomic E-state index is 11.4. The molecule has 0 unspecified atom stereocenters. The van der Waals surface area contributed by atoms with E-state index in [1.165, 1.54) is 29.5 Å². The van der Waals surface area contributed by atoms with Crippen molar-refractivity contribution in [1.29, 1.82) is 0 Å². The van der Waals surface area contributed by atoms with Crippen LogP contribution in [0.2, 0.25) is 0 Å². The Labute approximate surface area is 181 Å². The summed E-state index contributed by atoms with van der Waals surface area (Å²) >= 11 is 0. The Morgan fingerprint density at radius 3 is 2.58 bits per heavy atom. The molecule has 2 aromatic heterocycles. The summed E-state index contributed by atoms with van der Waals surface area (Å²) < 4.78 is 4.03. The van der Waals surface area contributed by atoms with Gasteiger partial charge in [-0.1, -0.05) is 24.3 Å². The number of rotatable bonds is 5. The highest BCUT2D eigenvalue weighted by Crippen LogP contribution is 2.26. The van der Waals surface area contributed by atoms with Gasteiger partial charge in [0.05, 0.1) is 5.69 Å². The van der Waals surface area contributed by atoms with E-state index in [2.05, 4.69) is 63.6 Å². The zero-order valence-corrected chi connectivity index (χ0v) is 17.7. The lowest BCUT2D eigenvalue weighted by molar-refractivity contribution is 0.0995. The molecule has 3 N–H and O–H groups in total. The maximum Gasteiger partial charge on any atom is 0.269 e. The van der Waals surface area contributed by atoms with Gasteiger partial charge in [-0.2, -0.15) is 5.10 Å². The molecular weight excluding hydrogens is 386 g/mol. The van der Waals surface area contributed by atoms with Crippen LogP contribution in [0.15, 0.2) is 60.8 Å². The number of nitrogens with zero attached hydrogens (tertiary/aromatic N) is 3. The molecule has 6 heteroatoms. The van der Waals surface area contributed by atoms with Crippen molar-refractivity contribution in [2.45, 2.75) is 32.2 Å². The van der Waals surface area contributed by atoms with E-state index in [0.29, 0.717) is 5.92 Å². The first-order valence-electron chi connectivity index (χ1n) is 10.8. The lowest BCUT2D eigenvalue weighted by Gasteiger charge is -2.23. The van der Waals surface area contributed by atoms with E-state index < -0.39 is 5.91 Å². The number of nitrogens with two attached hydrogens (primary N) is 1. The molecule has 3 heterocycles. The maximum absolute atomic E-state index is 11.4. The molecule has 0 spiro atoms. The highest BCUT2D eigenvalue weighted by atomic mass is 16.1. The lowest BCUT2D eigenvalue weighted by Crippen LogP contribution is -2.26. The van der Waals surface area contributed by atoms with E-state index in [4.69, 9.17) is 5.73 Å². The highest BCUT2D eigenvalue weighted by Gasteiger charge is 2.15. The van der Waals surface area contributed by atoms with Crippen LogP contribution in [0.4, 0.5) is 0 Å². The number of primary amides is 1. The quantitative estimate of drug-likeness (QED) is 0.523. The first-order valence-corrected chi connectivity index (χ1v) is 10.8. The fourth-order valence-corrected chi connectivity index (χ4v) is 4.56. The smallest absolute Gasteiger partial charge is 0.269 e. The van der Waals surface area contributed by atoms with Crippen LogP contribution >= 0.6 is 0 Å². The van der Waals surface area contributed by atoms with E-state index >= 15 is 0 Å². The zero-order valence-electron chi connectivity index (χ0n) is 17.7. The predicted molar refractivity (Wildman–Crippen MR) is 123 cm³/mol. The van der Waals surface area contributed by atoms with Gasteiger partial charge in [0, 0.05) is 29.3 Å². The Balaban J connectivity index is 1.37. The van der Waals surface area contributed by atoms with Gasteiger partial charge >= 0.3 is 0 Å². The van der Waals surface area contributed by atoms with Gasteiger partial charge in [-0.15, -0.1) is 0 Å². The van der Waals surface area contributed by atoms with Crippen molar-refractivity contribution in [2.24, 2.45) is 5.73 Å². The molecule has 31 heavy (non-hydrogen) atoms. The monoisotopic (exact) mass is 413 g/mol. The Morgan fingerprint density at radius 2 is 1.87 bits per heavy atom. The van der Waals surface area contributed by atoms with Crippen molar-refractivity contribution in [1.82, 2.24) is 19.7 Å². The van der Waals surface area contributed by atoms with Crippen molar-refractivity contribution >= 4 is 16.8 Å². The number of hydrogen-bond acceptors (Lipinski definition) is 3. The van der Waals surface area contributed by atoms with Gasteiger partial charge in [-0.25, -0.2) is 4.68 Å². The minimum absolute atomic E-state index is 0.281. The van der Waals surface area contributed by atoms with Crippen LogP contribution in [0.25, 0.3) is 16.6 Å². The lowest BCUT2D eigenvalue weighted by atomic mass is 9.90. The van der Waals surface area contributed by atoms with E-state index in [1.54, 1.807) is 10.7 Å². The minimum Gasteiger partial charge on any atom is -0.364 e. The molecular formula is C25H27N5O. The van der Waals surface area contributed by atoms with Gasteiger partial charge in [0.1, 0.15) is 0 Å². The van der Waals surface area contributed by atoms with Crippen LogP contribution < -0.4 is 11.1 Å². The van der Waals surface area contributed by atoms with Crippen LogP contribution in [0.5, 0.6) is 0 Å². The molecule has 0 atom stereocenters. The number of hydrogen-bond donors (Lipinski definition) is 2. The fraction of sp³-hybridized carbons (Fsp3) is 0.280. The van der Waals surface area contributed by atoms with Crippen LogP contribution in [-0.4, -0.2) is 33.3 Å². The van der Waals surface area contributed by atoms with Gasteiger partial charge in [0.25, 0.3) is 5.91 Å². The normalized spacial score (nSPS) is 14.9. The summed E-state index contributed by atoms with van der Waals surface area (Å²) in [6, 6.07) is 19.2. The summed E-state index contributed by atoms with van der Waals surface area (Å²) in [6.07, 6.45) is 4.57. The summed E-state index contributed by atoms with van der Waals surface area (Å²) in [7, 11) is 0. The molecule has 4 aromatic rings. The molecule has 1 aliphatic heterocycles. The average Bonchev–Trinajstić information content (AvgIpc) is 3.38. The second-order valence-corrected chi connectivity index (χ2v) is 8.40. The number of aromatic nitrogens is 3. The topological polar surface area (TPSA) is 77.9 Å². The van der Waals surface area contributed by atoms with Gasteiger partial charge in [0.2, 0.25) is 0 Å². The first-order chi connectivity index (χ1) is 15.1. The molecule has 1 fully saturated rings. The molecule has 0 radical (unpaired) electrons. The summed E-state index contributed by atoms with van der Waals surface area (Å²) in [4.78, 5) is 11.4. The van der Waals surface area contributed by atoms with E-state index in [-0.39, 0.29) is 5.69 Å². The summed E-state index contributed by atoms with van der Waals surface area (Å²) in [5, 5.41) is 8.91. The van der Waals surface area contributed by atoms with Crippen molar-refractivity contribution < 1.29 is 4.79 Å². The average molecular weight is 414 g/mol. The molecule has 1 aliphatic rings. The van der Waals surface area contributed by atoms with Gasteiger partial charge in [-0.05, 0) is 80.2 Å². The molecule has 0 aliphatic carbocycles. The molecule has 0 bridgehead atoms. The van der Waals surface area contributed by atoms with Gasteiger partial charge in [0.15, 0.2) is 5.69 Å². The SMILES string of the molecule is Cc1cc(C(N)=O)nn1-c1ccc2c(ccn2Cc2ccc(C3CCNCC3)cc2)c1. The molecule has 2 aromatic carbocycles. The number of carbonyl (C=O) groups excluding carboxylic acids is 1. The molecule has 158 valence electrons. The van der Waals surface area contributed by atoms with Crippen molar-refractivity contribution in [3.05, 3.63) is 83.3 Å². The zero-order chi connectivity index (χ0) is 21.4. The van der Waals surface area contributed by atoms with Crippen molar-refractivity contribution in [3.8, 4) is 5.69 Å². The van der Waals surface area contributed by atoms with Crippen molar-refractivity contribution in [3.63, 3.8) is 0 Å². The van der Waals surface area contributed by atoms with E-state index in [1.807, 2.05) is 13.0 Å². The summed E-state index contributed by atoms with van der Waals surface area (Å²) in [6.45, 7) is 4.99. The Hall–Kier alpha value is -3.38. The number of aryl methyl sites for hydroxylation is 1. The summed E-state index contributed by atoms with van der Waals surface area (Å²) in [5.74, 6) is 0.169. The number of amides is 1. The number of piperidine rings is 1. The van der Waals surface area contributed by atoms with Crippen LogP contribution in [-0.2, 0) is 6.54 Å². The van der Waals surface area contributed by atoms with E-state index in [0.717, 1.165) is 36.4 Å². The van der Waals surface area contributed by atoms with Gasteiger partial charge in [-0.3, -0.25) is 4.79 Å². The largest absolute Gasteiger partial charge is 0.364 e. The fourth-order valence-electron chi connectivity index (χ4n) is 4.56.